The zero-order valence-corrected chi connectivity index (χ0v) is 26.3. The van der Waals surface area contributed by atoms with Gasteiger partial charge in [0.05, 0.1) is 22.9 Å². The Kier molecular flexibility index (Phi) is 6.15. The number of aromatic nitrogens is 3. The number of nitrogens with zero attached hydrogens (tertiary/aromatic N) is 3. The van der Waals surface area contributed by atoms with Crippen LogP contribution in [0.2, 0.25) is 0 Å². The Balaban J connectivity index is 1.18. The van der Waals surface area contributed by atoms with E-state index in [4.69, 9.17) is 19.4 Å². The monoisotopic (exact) mass is 625 g/mol. The Morgan fingerprint density at radius 1 is 0.429 bits per heavy atom. The molecular weight excluding hydrogens is 599 g/mol. The lowest BCUT2D eigenvalue weighted by Gasteiger charge is -2.13. The largest absolute Gasteiger partial charge is 0.435 e. The van der Waals surface area contributed by atoms with Crippen molar-refractivity contribution in [1.82, 2.24) is 15.0 Å². The number of hydrogen-bond acceptors (Lipinski definition) is 4. The van der Waals surface area contributed by atoms with Gasteiger partial charge in [-0.3, -0.25) is 4.98 Å². The summed E-state index contributed by atoms with van der Waals surface area (Å²) in [6.45, 7) is 0. The molecule has 10 aromatic rings. The van der Waals surface area contributed by atoms with Crippen molar-refractivity contribution in [3.05, 3.63) is 164 Å². The third kappa shape index (κ3) is 4.65. The molecule has 4 nitrogen and oxygen atoms in total. The average Bonchev–Trinajstić information content (AvgIpc) is 3.62. The summed E-state index contributed by atoms with van der Waals surface area (Å²) < 4.78 is 6.51. The smallest absolute Gasteiger partial charge is 0.227 e. The third-order valence-corrected chi connectivity index (χ3v) is 9.49. The molecule has 4 heteroatoms. The Hall–Kier alpha value is -6.65. The molecule has 228 valence electrons. The minimum atomic E-state index is 0.624. The zero-order chi connectivity index (χ0) is 32.3. The fourth-order valence-corrected chi connectivity index (χ4v) is 7.02. The predicted octanol–water partition coefficient (Wildman–Crippen LogP) is 11.9. The summed E-state index contributed by atoms with van der Waals surface area (Å²) in [5.41, 5.74) is 10.5. The van der Waals surface area contributed by atoms with Gasteiger partial charge in [0.15, 0.2) is 5.58 Å². The summed E-state index contributed by atoms with van der Waals surface area (Å²) in [7, 11) is 0. The van der Waals surface area contributed by atoms with Gasteiger partial charge in [0.2, 0.25) is 5.89 Å². The van der Waals surface area contributed by atoms with E-state index in [0.717, 1.165) is 82.8 Å². The zero-order valence-electron chi connectivity index (χ0n) is 26.3. The van der Waals surface area contributed by atoms with Gasteiger partial charge in [0.25, 0.3) is 0 Å². The van der Waals surface area contributed by atoms with Crippen LogP contribution < -0.4 is 0 Å². The van der Waals surface area contributed by atoms with Crippen molar-refractivity contribution in [3.8, 4) is 45.0 Å². The first kappa shape index (κ1) is 27.5. The summed E-state index contributed by atoms with van der Waals surface area (Å²) in [4.78, 5) is 15.1. The number of fused-ring (bicyclic) bond motifs is 7. The van der Waals surface area contributed by atoms with Crippen LogP contribution in [0.15, 0.2) is 168 Å². The number of benzene rings is 8. The molecule has 0 spiro atoms. The molecule has 0 N–H and O–H groups in total. The fraction of sp³-hybridized carbons (Fsp3) is 0. The molecule has 0 atom stereocenters. The second kappa shape index (κ2) is 11.0. The second-order valence-corrected chi connectivity index (χ2v) is 12.5. The van der Waals surface area contributed by atoms with E-state index in [1.165, 1.54) is 10.8 Å². The van der Waals surface area contributed by atoms with Crippen LogP contribution in [0, 0.1) is 0 Å². The molecule has 10 rings (SSSR count). The Morgan fingerprint density at radius 2 is 1.12 bits per heavy atom. The van der Waals surface area contributed by atoms with Crippen molar-refractivity contribution in [3.63, 3.8) is 0 Å². The molecule has 0 radical (unpaired) electrons. The lowest BCUT2D eigenvalue weighted by atomic mass is 9.94. The quantitative estimate of drug-likeness (QED) is 0.183. The van der Waals surface area contributed by atoms with Gasteiger partial charge >= 0.3 is 0 Å². The number of oxazole rings is 1. The van der Waals surface area contributed by atoms with Crippen LogP contribution in [0.1, 0.15) is 0 Å². The molecule has 0 aliphatic rings. The summed E-state index contributed by atoms with van der Waals surface area (Å²) in [5.74, 6) is 0.624. The fourth-order valence-electron chi connectivity index (χ4n) is 7.02. The van der Waals surface area contributed by atoms with Crippen LogP contribution in [-0.4, -0.2) is 15.0 Å². The molecule has 2 aromatic heterocycles. The van der Waals surface area contributed by atoms with E-state index in [1.54, 1.807) is 0 Å². The minimum Gasteiger partial charge on any atom is -0.435 e. The summed E-state index contributed by atoms with van der Waals surface area (Å²) in [5, 5.41) is 6.82. The van der Waals surface area contributed by atoms with Crippen LogP contribution in [0.3, 0.4) is 0 Å². The van der Waals surface area contributed by atoms with E-state index in [0.29, 0.717) is 5.89 Å². The second-order valence-electron chi connectivity index (χ2n) is 12.5. The predicted molar refractivity (Wildman–Crippen MR) is 201 cm³/mol. The van der Waals surface area contributed by atoms with Gasteiger partial charge in [-0.25, -0.2) is 9.97 Å². The Labute approximate surface area is 282 Å². The highest BCUT2D eigenvalue weighted by Crippen LogP contribution is 2.39. The van der Waals surface area contributed by atoms with Gasteiger partial charge in [0.1, 0.15) is 5.52 Å². The average molecular weight is 626 g/mol. The highest BCUT2D eigenvalue weighted by atomic mass is 16.3. The number of hydrogen-bond donors (Lipinski definition) is 0. The first-order valence-electron chi connectivity index (χ1n) is 16.4. The van der Waals surface area contributed by atoms with Crippen molar-refractivity contribution in [2.45, 2.75) is 0 Å². The van der Waals surface area contributed by atoms with Crippen LogP contribution >= 0.6 is 0 Å². The van der Waals surface area contributed by atoms with E-state index < -0.39 is 0 Å². The van der Waals surface area contributed by atoms with Crippen LogP contribution in [0.25, 0.3) is 99.4 Å². The molecular formula is C45H27N3O. The molecule has 0 saturated carbocycles. The van der Waals surface area contributed by atoms with Gasteiger partial charge in [0, 0.05) is 22.1 Å². The first-order valence-corrected chi connectivity index (χ1v) is 16.4. The number of rotatable bonds is 4. The van der Waals surface area contributed by atoms with E-state index in [-0.39, 0.29) is 0 Å². The molecule has 0 bridgehead atoms. The van der Waals surface area contributed by atoms with Gasteiger partial charge in [-0.15, -0.1) is 0 Å². The van der Waals surface area contributed by atoms with Crippen molar-refractivity contribution >= 4 is 54.5 Å². The van der Waals surface area contributed by atoms with Gasteiger partial charge in [-0.2, -0.15) is 0 Å². The van der Waals surface area contributed by atoms with E-state index >= 15 is 0 Å². The normalized spacial score (nSPS) is 11.7. The Bertz CT molecular complexity index is 2880. The van der Waals surface area contributed by atoms with Crippen molar-refractivity contribution < 1.29 is 4.42 Å². The molecule has 2 heterocycles. The molecule has 0 unspecified atom stereocenters. The topological polar surface area (TPSA) is 51.8 Å². The van der Waals surface area contributed by atoms with Crippen molar-refractivity contribution in [2.75, 3.05) is 0 Å². The van der Waals surface area contributed by atoms with Crippen LogP contribution in [-0.2, 0) is 0 Å². The molecule has 49 heavy (non-hydrogen) atoms. The molecule has 0 amide bonds. The maximum absolute atomic E-state index is 6.51. The highest BCUT2D eigenvalue weighted by Gasteiger charge is 2.16. The van der Waals surface area contributed by atoms with E-state index in [2.05, 4.69) is 115 Å². The molecule has 0 fully saturated rings. The van der Waals surface area contributed by atoms with Crippen LogP contribution in [0.4, 0.5) is 0 Å². The van der Waals surface area contributed by atoms with Gasteiger partial charge < -0.3 is 4.42 Å². The summed E-state index contributed by atoms with van der Waals surface area (Å²) in [6, 6.07) is 55.0. The van der Waals surface area contributed by atoms with Crippen molar-refractivity contribution in [1.29, 1.82) is 0 Å². The van der Waals surface area contributed by atoms with Crippen molar-refractivity contribution in [2.24, 2.45) is 0 Å². The Morgan fingerprint density at radius 3 is 1.98 bits per heavy atom. The summed E-state index contributed by atoms with van der Waals surface area (Å²) >= 11 is 0. The van der Waals surface area contributed by atoms with E-state index in [9.17, 15) is 0 Å². The molecule has 0 aliphatic heterocycles. The lowest BCUT2D eigenvalue weighted by Crippen LogP contribution is -1.93. The van der Waals surface area contributed by atoms with Gasteiger partial charge in [-0.05, 0) is 86.1 Å². The third-order valence-electron chi connectivity index (χ3n) is 9.49. The molecule has 0 aliphatic carbocycles. The minimum absolute atomic E-state index is 0.624. The highest BCUT2D eigenvalue weighted by molar-refractivity contribution is 6.18. The van der Waals surface area contributed by atoms with E-state index in [1.807, 2.05) is 48.7 Å². The van der Waals surface area contributed by atoms with Crippen LogP contribution in [0.5, 0.6) is 0 Å². The maximum Gasteiger partial charge on any atom is 0.227 e. The van der Waals surface area contributed by atoms with Gasteiger partial charge in [-0.1, -0.05) is 115 Å². The summed E-state index contributed by atoms with van der Waals surface area (Å²) in [6.07, 6.45) is 1.90. The molecule has 8 aromatic carbocycles. The standard InChI is InChI=1S/C45H27N3O/c1-3-10-29(11-4-1)38-25-36(26-40-43(38)46-27-41(47-40)35-20-15-28-9-7-8-14-33(28)23-35)34-19-17-30-16-18-31-21-22-39-44(42(31)37(30)24-34)49-45(48-39)32-12-5-2-6-13-32/h1-27H. The molecule has 0 saturated heterocycles. The SMILES string of the molecule is c1ccc(-c2nc3ccc4ccc5ccc(-c6cc(-c7ccccc7)c7ncc(-c8ccc9ccccc9c8)nc7c6)cc5c4c3o2)cc1. The lowest BCUT2D eigenvalue weighted by molar-refractivity contribution is 0.623. The first-order chi connectivity index (χ1) is 24.2. The maximum atomic E-state index is 6.51.